The van der Waals surface area contributed by atoms with Gasteiger partial charge in [0.05, 0.1) is 6.61 Å². The molecule has 1 saturated carbocycles. The van der Waals surface area contributed by atoms with Gasteiger partial charge in [0.1, 0.15) is 5.54 Å². The van der Waals surface area contributed by atoms with Crippen LogP contribution in [0, 0.1) is 0 Å². The van der Waals surface area contributed by atoms with Crippen LogP contribution in [0.5, 0.6) is 0 Å². The number of ether oxygens (including phenoxy) is 1. The van der Waals surface area contributed by atoms with Crippen LogP contribution < -0.4 is 5.32 Å². The van der Waals surface area contributed by atoms with Gasteiger partial charge in [-0.3, -0.25) is 9.59 Å². The Labute approximate surface area is 101 Å². The normalized spacial score (nSPS) is 23.9. The van der Waals surface area contributed by atoms with Crippen LogP contribution in [0.3, 0.4) is 0 Å². The van der Waals surface area contributed by atoms with Crippen molar-refractivity contribution in [1.29, 1.82) is 0 Å². The number of rotatable bonds is 3. The molecule has 17 heavy (non-hydrogen) atoms. The number of carbonyl (C=O) groups is 2. The van der Waals surface area contributed by atoms with Crippen LogP contribution in [0.25, 0.3) is 0 Å². The molecule has 1 aliphatic heterocycles. The number of amides is 2. The van der Waals surface area contributed by atoms with E-state index in [1.807, 2.05) is 0 Å². The predicted octanol–water partition coefficient (Wildman–Crippen LogP) is 0.294. The molecule has 2 aliphatic rings. The molecule has 0 unspecified atom stereocenters. The lowest BCUT2D eigenvalue weighted by atomic mass is 9.96. The van der Waals surface area contributed by atoms with E-state index in [9.17, 15) is 9.59 Å². The Hall–Kier alpha value is -1.10. The fourth-order valence-electron chi connectivity index (χ4n) is 2.76. The van der Waals surface area contributed by atoms with Gasteiger partial charge in [0, 0.05) is 26.6 Å². The molecule has 1 spiro atoms. The Kier molecular flexibility index (Phi) is 3.66. The smallest absolute Gasteiger partial charge is 0.248 e. The summed E-state index contributed by atoms with van der Waals surface area (Å²) in [6, 6.07) is 0. The molecule has 1 saturated heterocycles. The first-order valence-electron chi connectivity index (χ1n) is 6.27. The fourth-order valence-corrected chi connectivity index (χ4v) is 2.76. The third-order valence-corrected chi connectivity index (χ3v) is 3.71. The summed E-state index contributed by atoms with van der Waals surface area (Å²) in [5.41, 5.74) is -0.610. The largest absolute Gasteiger partial charge is 0.383 e. The van der Waals surface area contributed by atoms with E-state index in [1.165, 1.54) is 0 Å². The second-order valence-electron chi connectivity index (χ2n) is 4.87. The number of nitrogens with zero attached hydrogens (tertiary/aromatic N) is 1. The van der Waals surface area contributed by atoms with Crippen molar-refractivity contribution in [3.05, 3.63) is 0 Å². The molecule has 1 aliphatic carbocycles. The number of hydrogen-bond acceptors (Lipinski definition) is 3. The third-order valence-electron chi connectivity index (χ3n) is 3.71. The van der Waals surface area contributed by atoms with Crippen LogP contribution in [-0.4, -0.2) is 49.1 Å². The molecule has 2 rings (SSSR count). The summed E-state index contributed by atoms with van der Waals surface area (Å²) >= 11 is 0. The van der Waals surface area contributed by atoms with Gasteiger partial charge in [-0.25, -0.2) is 0 Å². The highest BCUT2D eigenvalue weighted by atomic mass is 16.5. The topological polar surface area (TPSA) is 58.6 Å². The zero-order valence-electron chi connectivity index (χ0n) is 10.3. The molecule has 5 heteroatoms. The summed E-state index contributed by atoms with van der Waals surface area (Å²) in [5, 5.41) is 2.94. The molecular formula is C12H20N2O3. The summed E-state index contributed by atoms with van der Waals surface area (Å²) in [6.07, 6.45) is 3.99. The fraction of sp³-hybridized carbons (Fsp3) is 0.833. The van der Waals surface area contributed by atoms with Gasteiger partial charge in [0.2, 0.25) is 11.8 Å². The summed E-state index contributed by atoms with van der Waals surface area (Å²) in [7, 11) is 1.62. The van der Waals surface area contributed by atoms with E-state index in [1.54, 1.807) is 12.0 Å². The van der Waals surface area contributed by atoms with Gasteiger partial charge in [-0.05, 0) is 12.8 Å². The van der Waals surface area contributed by atoms with Crippen molar-refractivity contribution < 1.29 is 14.3 Å². The minimum Gasteiger partial charge on any atom is -0.383 e. The zero-order valence-corrected chi connectivity index (χ0v) is 10.3. The number of hydrogen-bond donors (Lipinski definition) is 1. The first kappa shape index (κ1) is 12.4. The minimum atomic E-state index is -0.610. The van der Waals surface area contributed by atoms with E-state index in [4.69, 9.17) is 4.74 Å². The second-order valence-corrected chi connectivity index (χ2v) is 4.87. The Bertz CT molecular complexity index is 311. The highest BCUT2D eigenvalue weighted by Crippen LogP contribution is 2.32. The van der Waals surface area contributed by atoms with Crippen LogP contribution in [-0.2, 0) is 14.3 Å². The number of methoxy groups -OCH3 is 1. The van der Waals surface area contributed by atoms with E-state index in [0.717, 1.165) is 25.7 Å². The maximum atomic E-state index is 12.5. The molecule has 1 N–H and O–H groups in total. The number of nitrogens with one attached hydrogen (secondary N) is 1. The highest BCUT2D eigenvalue weighted by molar-refractivity contribution is 5.93. The molecule has 0 aromatic heterocycles. The monoisotopic (exact) mass is 240 g/mol. The zero-order chi connectivity index (χ0) is 12.3. The Morgan fingerprint density at radius 2 is 2.06 bits per heavy atom. The second kappa shape index (κ2) is 5.04. The van der Waals surface area contributed by atoms with Crippen LogP contribution >= 0.6 is 0 Å². The first-order valence-corrected chi connectivity index (χ1v) is 6.27. The molecule has 5 nitrogen and oxygen atoms in total. The van der Waals surface area contributed by atoms with Crippen molar-refractivity contribution in [2.45, 2.75) is 37.6 Å². The van der Waals surface area contributed by atoms with Gasteiger partial charge >= 0.3 is 0 Å². The Morgan fingerprint density at radius 3 is 2.71 bits per heavy atom. The van der Waals surface area contributed by atoms with Crippen molar-refractivity contribution in [2.24, 2.45) is 0 Å². The van der Waals surface area contributed by atoms with E-state index >= 15 is 0 Å². The molecule has 0 bridgehead atoms. The molecule has 2 fully saturated rings. The van der Waals surface area contributed by atoms with E-state index < -0.39 is 5.54 Å². The Morgan fingerprint density at radius 1 is 1.35 bits per heavy atom. The summed E-state index contributed by atoms with van der Waals surface area (Å²) < 4.78 is 5.01. The lowest BCUT2D eigenvalue weighted by molar-refractivity contribution is -0.139. The molecule has 0 aromatic rings. The molecule has 0 atom stereocenters. The molecule has 2 amide bonds. The maximum absolute atomic E-state index is 12.5. The van der Waals surface area contributed by atoms with E-state index in [2.05, 4.69) is 5.32 Å². The lowest BCUT2D eigenvalue weighted by Crippen LogP contribution is -2.55. The van der Waals surface area contributed by atoms with E-state index in [-0.39, 0.29) is 11.8 Å². The Balaban J connectivity index is 2.14. The molecule has 96 valence electrons. The third kappa shape index (κ3) is 2.44. The van der Waals surface area contributed by atoms with Crippen molar-refractivity contribution in [3.63, 3.8) is 0 Å². The standard InChI is InChI=1S/C12H20N2O3/c1-17-9-8-14-7-4-10(15)13-12(11(14)16)5-2-3-6-12/h2-9H2,1H3,(H,13,15). The summed E-state index contributed by atoms with van der Waals surface area (Å²) in [6.45, 7) is 1.61. The molecule has 0 radical (unpaired) electrons. The maximum Gasteiger partial charge on any atom is 0.248 e. The number of carbonyl (C=O) groups excluding carboxylic acids is 2. The van der Waals surface area contributed by atoms with Crippen molar-refractivity contribution in [1.82, 2.24) is 10.2 Å². The van der Waals surface area contributed by atoms with Gasteiger partial charge in [-0.1, -0.05) is 12.8 Å². The SMILES string of the molecule is COCCN1CCC(=O)NC2(CCCC2)C1=O. The van der Waals surface area contributed by atoms with Crippen molar-refractivity contribution in [3.8, 4) is 0 Å². The van der Waals surface area contributed by atoms with E-state index in [0.29, 0.717) is 26.1 Å². The minimum absolute atomic E-state index is 0.000154. The van der Waals surface area contributed by atoms with Gasteiger partial charge in [-0.15, -0.1) is 0 Å². The van der Waals surface area contributed by atoms with Crippen LogP contribution in [0.4, 0.5) is 0 Å². The van der Waals surface area contributed by atoms with Crippen LogP contribution in [0.2, 0.25) is 0 Å². The average Bonchev–Trinajstić information content (AvgIpc) is 2.73. The van der Waals surface area contributed by atoms with Crippen LogP contribution in [0.1, 0.15) is 32.1 Å². The van der Waals surface area contributed by atoms with Gasteiger partial charge in [-0.2, -0.15) is 0 Å². The predicted molar refractivity (Wildman–Crippen MR) is 62.4 cm³/mol. The first-order chi connectivity index (χ1) is 8.18. The van der Waals surface area contributed by atoms with Crippen molar-refractivity contribution >= 4 is 11.8 Å². The van der Waals surface area contributed by atoms with Gasteiger partial charge < -0.3 is 15.0 Å². The molecule has 1 heterocycles. The van der Waals surface area contributed by atoms with Gasteiger partial charge in [0.25, 0.3) is 0 Å². The van der Waals surface area contributed by atoms with Gasteiger partial charge in [0.15, 0.2) is 0 Å². The quantitative estimate of drug-likeness (QED) is 0.771. The summed E-state index contributed by atoms with van der Waals surface area (Å²) in [4.78, 5) is 25.9. The average molecular weight is 240 g/mol. The highest BCUT2D eigenvalue weighted by Gasteiger charge is 2.46. The lowest BCUT2D eigenvalue weighted by Gasteiger charge is -2.31. The van der Waals surface area contributed by atoms with Crippen LogP contribution in [0.15, 0.2) is 0 Å². The van der Waals surface area contributed by atoms with Crippen molar-refractivity contribution in [2.75, 3.05) is 26.8 Å². The molecule has 0 aromatic carbocycles. The summed E-state index contributed by atoms with van der Waals surface area (Å²) in [5.74, 6) is 0.0815. The molecular weight excluding hydrogens is 220 g/mol.